The molecular weight excluding hydrogens is 302 g/mol. The van der Waals surface area contributed by atoms with Crippen molar-refractivity contribution in [3.8, 4) is 0 Å². The van der Waals surface area contributed by atoms with Crippen molar-refractivity contribution in [2.45, 2.75) is 32.9 Å². The maximum Gasteiger partial charge on any atom is 0.317 e. The van der Waals surface area contributed by atoms with Crippen LogP contribution in [0.15, 0.2) is 30.3 Å². The van der Waals surface area contributed by atoms with Gasteiger partial charge in [0, 0.05) is 39.3 Å². The molecule has 0 aliphatic carbocycles. The van der Waals surface area contributed by atoms with Crippen LogP contribution in [0.1, 0.15) is 25.8 Å². The Hall–Kier alpha value is -1.59. The Labute approximate surface area is 146 Å². The molecule has 1 aromatic carbocycles. The highest BCUT2D eigenvalue weighted by Crippen LogP contribution is 2.13. The van der Waals surface area contributed by atoms with Gasteiger partial charge in [0.05, 0.1) is 13.2 Å². The fourth-order valence-electron chi connectivity index (χ4n) is 3.12. The van der Waals surface area contributed by atoms with E-state index in [1.54, 1.807) is 4.90 Å². The van der Waals surface area contributed by atoms with Crippen molar-refractivity contribution in [1.29, 1.82) is 0 Å². The summed E-state index contributed by atoms with van der Waals surface area (Å²) in [5, 5.41) is 3.11. The zero-order valence-electron chi connectivity index (χ0n) is 15.2. The summed E-state index contributed by atoms with van der Waals surface area (Å²) in [5.74, 6) is 0.608. The van der Waals surface area contributed by atoms with Gasteiger partial charge in [-0.25, -0.2) is 4.79 Å². The SMILES string of the molecule is CC(C)CC(CNC(=O)N(C)Cc1ccccc1)N1CCOCC1. The standard InChI is InChI=1S/C19H31N3O2/c1-16(2)13-18(22-9-11-24-12-10-22)14-20-19(23)21(3)15-17-7-5-4-6-8-17/h4-8,16,18H,9-15H2,1-3H3,(H,20,23). The van der Waals surface area contributed by atoms with Gasteiger partial charge in [0.2, 0.25) is 0 Å². The van der Waals surface area contributed by atoms with E-state index in [-0.39, 0.29) is 6.03 Å². The van der Waals surface area contributed by atoms with E-state index in [2.05, 4.69) is 24.1 Å². The van der Waals surface area contributed by atoms with Crippen LogP contribution >= 0.6 is 0 Å². The molecule has 24 heavy (non-hydrogen) atoms. The lowest BCUT2D eigenvalue weighted by Gasteiger charge is -2.35. The summed E-state index contributed by atoms with van der Waals surface area (Å²) in [6.07, 6.45) is 1.09. The van der Waals surface area contributed by atoms with Crippen LogP contribution in [0.3, 0.4) is 0 Å². The molecule has 1 aromatic rings. The van der Waals surface area contributed by atoms with Crippen molar-refractivity contribution in [2.24, 2.45) is 5.92 Å². The van der Waals surface area contributed by atoms with Crippen LogP contribution in [-0.2, 0) is 11.3 Å². The average molecular weight is 333 g/mol. The molecule has 5 heteroatoms. The van der Waals surface area contributed by atoms with Crippen molar-refractivity contribution in [3.05, 3.63) is 35.9 Å². The minimum absolute atomic E-state index is 0.0131. The van der Waals surface area contributed by atoms with Gasteiger partial charge in [-0.2, -0.15) is 0 Å². The van der Waals surface area contributed by atoms with Crippen molar-refractivity contribution < 1.29 is 9.53 Å². The zero-order valence-corrected chi connectivity index (χ0v) is 15.2. The molecule has 134 valence electrons. The zero-order chi connectivity index (χ0) is 17.4. The normalized spacial score (nSPS) is 16.8. The summed E-state index contributed by atoms with van der Waals surface area (Å²) in [6, 6.07) is 10.4. The second-order valence-corrected chi connectivity index (χ2v) is 6.96. The first-order valence-corrected chi connectivity index (χ1v) is 8.91. The first-order chi connectivity index (χ1) is 11.6. The van der Waals surface area contributed by atoms with E-state index in [1.807, 2.05) is 37.4 Å². The Bertz CT molecular complexity index is 487. The number of nitrogens with zero attached hydrogens (tertiary/aromatic N) is 2. The number of benzene rings is 1. The first kappa shape index (κ1) is 18.7. The number of ether oxygens (including phenoxy) is 1. The molecule has 1 unspecified atom stereocenters. The molecule has 1 N–H and O–H groups in total. The van der Waals surface area contributed by atoms with Crippen LogP contribution in [0.4, 0.5) is 4.79 Å². The molecule has 1 saturated heterocycles. The second-order valence-electron chi connectivity index (χ2n) is 6.96. The minimum Gasteiger partial charge on any atom is -0.379 e. The fourth-order valence-corrected chi connectivity index (χ4v) is 3.12. The molecule has 0 bridgehead atoms. The number of urea groups is 1. The summed E-state index contributed by atoms with van der Waals surface area (Å²) in [6.45, 7) is 9.26. The molecule has 1 heterocycles. The maximum absolute atomic E-state index is 12.4. The number of hydrogen-bond donors (Lipinski definition) is 1. The van der Waals surface area contributed by atoms with Gasteiger partial charge in [-0.3, -0.25) is 4.90 Å². The summed E-state index contributed by atoms with van der Waals surface area (Å²) in [4.78, 5) is 16.6. The molecule has 2 rings (SSSR count). The fraction of sp³-hybridized carbons (Fsp3) is 0.632. The van der Waals surface area contributed by atoms with Crippen molar-refractivity contribution >= 4 is 6.03 Å². The number of rotatable bonds is 7. The van der Waals surface area contributed by atoms with Crippen molar-refractivity contribution in [2.75, 3.05) is 39.9 Å². The molecule has 0 spiro atoms. The molecule has 0 saturated carbocycles. The lowest BCUT2D eigenvalue weighted by molar-refractivity contribution is 0.0127. The summed E-state index contributed by atoms with van der Waals surface area (Å²) < 4.78 is 5.45. The highest BCUT2D eigenvalue weighted by molar-refractivity contribution is 5.73. The monoisotopic (exact) mass is 333 g/mol. The van der Waals surface area contributed by atoms with Gasteiger partial charge in [0.25, 0.3) is 0 Å². The van der Waals surface area contributed by atoms with Gasteiger partial charge in [0.15, 0.2) is 0 Å². The summed E-state index contributed by atoms with van der Waals surface area (Å²) in [7, 11) is 1.84. The summed E-state index contributed by atoms with van der Waals surface area (Å²) in [5.41, 5.74) is 1.14. The highest BCUT2D eigenvalue weighted by Gasteiger charge is 2.23. The predicted molar refractivity (Wildman–Crippen MR) is 96.9 cm³/mol. The van der Waals surface area contributed by atoms with Crippen LogP contribution in [0.2, 0.25) is 0 Å². The van der Waals surface area contributed by atoms with Gasteiger partial charge < -0.3 is 15.0 Å². The number of amides is 2. The first-order valence-electron chi connectivity index (χ1n) is 8.91. The largest absolute Gasteiger partial charge is 0.379 e. The van der Waals surface area contributed by atoms with Gasteiger partial charge in [-0.05, 0) is 17.9 Å². The Balaban J connectivity index is 1.84. The van der Waals surface area contributed by atoms with Crippen LogP contribution in [-0.4, -0.2) is 61.8 Å². The van der Waals surface area contributed by atoms with E-state index in [0.717, 1.165) is 38.3 Å². The third kappa shape index (κ3) is 6.13. The number of hydrogen-bond acceptors (Lipinski definition) is 3. The van der Waals surface area contributed by atoms with E-state index >= 15 is 0 Å². The van der Waals surface area contributed by atoms with E-state index in [9.17, 15) is 4.79 Å². The quantitative estimate of drug-likeness (QED) is 0.834. The van der Waals surface area contributed by atoms with Gasteiger partial charge >= 0.3 is 6.03 Å². The van der Waals surface area contributed by atoms with Gasteiger partial charge in [-0.15, -0.1) is 0 Å². The highest BCUT2D eigenvalue weighted by atomic mass is 16.5. The molecule has 1 atom stereocenters. The number of nitrogens with one attached hydrogen (secondary N) is 1. The number of carbonyl (C=O) groups excluding carboxylic acids is 1. The Morgan fingerprint density at radius 1 is 1.25 bits per heavy atom. The van der Waals surface area contributed by atoms with Crippen LogP contribution in [0, 0.1) is 5.92 Å². The second kappa shape index (κ2) is 9.64. The van der Waals surface area contributed by atoms with Gasteiger partial charge in [0.1, 0.15) is 0 Å². The molecule has 1 aliphatic heterocycles. The van der Waals surface area contributed by atoms with E-state index in [1.165, 1.54) is 0 Å². The third-order valence-electron chi connectivity index (χ3n) is 4.40. The molecule has 2 amide bonds. The maximum atomic E-state index is 12.4. The van der Waals surface area contributed by atoms with Crippen LogP contribution in [0.5, 0.6) is 0 Å². The van der Waals surface area contributed by atoms with Crippen molar-refractivity contribution in [3.63, 3.8) is 0 Å². The van der Waals surface area contributed by atoms with Crippen LogP contribution < -0.4 is 5.32 Å². The lowest BCUT2D eigenvalue weighted by atomic mass is 10.0. The predicted octanol–water partition coefficient (Wildman–Crippen LogP) is 2.57. The third-order valence-corrected chi connectivity index (χ3v) is 4.40. The summed E-state index contributed by atoms with van der Waals surface area (Å²) >= 11 is 0. The molecule has 0 aromatic heterocycles. The topological polar surface area (TPSA) is 44.8 Å². The van der Waals surface area contributed by atoms with E-state index in [4.69, 9.17) is 4.74 Å². The molecule has 1 fully saturated rings. The van der Waals surface area contributed by atoms with Crippen LogP contribution in [0.25, 0.3) is 0 Å². The lowest BCUT2D eigenvalue weighted by Crippen LogP contribution is -2.50. The van der Waals surface area contributed by atoms with Crippen molar-refractivity contribution in [1.82, 2.24) is 15.1 Å². The average Bonchev–Trinajstić information content (AvgIpc) is 2.59. The molecular formula is C19H31N3O2. The Morgan fingerprint density at radius 2 is 1.92 bits per heavy atom. The Kier molecular flexibility index (Phi) is 7.53. The van der Waals surface area contributed by atoms with Gasteiger partial charge in [-0.1, -0.05) is 44.2 Å². The molecule has 0 radical (unpaired) electrons. The molecule has 1 aliphatic rings. The van der Waals surface area contributed by atoms with E-state index in [0.29, 0.717) is 25.0 Å². The molecule has 5 nitrogen and oxygen atoms in total. The minimum atomic E-state index is -0.0131. The van der Waals surface area contributed by atoms with E-state index < -0.39 is 0 Å². The Morgan fingerprint density at radius 3 is 2.54 bits per heavy atom. The smallest absolute Gasteiger partial charge is 0.317 e. The number of morpholine rings is 1. The number of carbonyl (C=O) groups is 1.